The van der Waals surface area contributed by atoms with Crippen LogP contribution in [-0.2, 0) is 28.8 Å². The van der Waals surface area contributed by atoms with Crippen LogP contribution in [0.25, 0.3) is 0 Å². The van der Waals surface area contributed by atoms with Crippen molar-refractivity contribution in [2.75, 3.05) is 0 Å². The lowest BCUT2D eigenvalue weighted by atomic mass is 9.81. The van der Waals surface area contributed by atoms with Crippen molar-refractivity contribution < 1.29 is 64.5 Å². The third-order valence-electron chi connectivity index (χ3n) is 3.69. The van der Waals surface area contributed by atoms with E-state index in [2.05, 4.69) is 0 Å². The summed E-state index contributed by atoms with van der Waals surface area (Å²) in [7, 11) is 0. The molecule has 0 rings (SSSR count). The molecule has 0 saturated heterocycles. The molecule has 0 aliphatic rings. The second-order valence-electron chi connectivity index (χ2n) is 5.82. The topological polar surface area (TPSA) is 244 Å². The minimum atomic E-state index is -2.74. The molecule has 0 saturated carbocycles. The molecule has 0 aromatic rings. The SMILES string of the molecule is CCC(C(=O)O)C(C(=O)O)C(C)C(=O)O.O=C(O)CC(O)(CC(=O)O)C(=O)O. The summed E-state index contributed by atoms with van der Waals surface area (Å²) in [5.74, 6) is -12.8. The Morgan fingerprint density at radius 3 is 1.32 bits per heavy atom. The van der Waals surface area contributed by atoms with Crippen LogP contribution in [0.3, 0.4) is 0 Å². The summed E-state index contributed by atoms with van der Waals surface area (Å²) >= 11 is 0. The first-order valence-electron chi connectivity index (χ1n) is 7.68. The maximum absolute atomic E-state index is 10.8. The fourth-order valence-electron chi connectivity index (χ4n) is 2.18. The van der Waals surface area contributed by atoms with Gasteiger partial charge in [-0.15, -0.1) is 0 Å². The normalized spacial score (nSPS) is 13.8. The number of hydrogen-bond donors (Lipinski definition) is 7. The molecule has 0 aliphatic carbocycles. The number of carbonyl (C=O) groups is 6. The number of carboxylic acid groups (broad SMARTS) is 6. The third-order valence-corrected chi connectivity index (χ3v) is 3.69. The minimum Gasteiger partial charge on any atom is -0.481 e. The van der Waals surface area contributed by atoms with Gasteiger partial charge < -0.3 is 35.7 Å². The third kappa shape index (κ3) is 8.93. The molecule has 160 valence electrons. The van der Waals surface area contributed by atoms with Crippen LogP contribution in [0.4, 0.5) is 0 Å². The van der Waals surface area contributed by atoms with Gasteiger partial charge in [-0.3, -0.25) is 24.0 Å². The van der Waals surface area contributed by atoms with E-state index in [1.165, 1.54) is 13.8 Å². The standard InChI is InChI=1S/C9H14O6.C6H8O7/c1-3-5(8(12)13)6(9(14)15)4(2)7(10)11;7-3(8)1-6(13,5(11)12)2-4(9)10/h4-6H,3H2,1-2H3,(H,10,11)(H,12,13)(H,14,15);13H,1-2H2,(H,7,8)(H,9,10)(H,11,12). The van der Waals surface area contributed by atoms with E-state index >= 15 is 0 Å². The van der Waals surface area contributed by atoms with Crippen LogP contribution in [0.15, 0.2) is 0 Å². The summed E-state index contributed by atoms with van der Waals surface area (Å²) in [6.07, 6.45) is -2.20. The zero-order valence-electron chi connectivity index (χ0n) is 14.9. The van der Waals surface area contributed by atoms with E-state index in [1.54, 1.807) is 0 Å². The molecule has 28 heavy (non-hydrogen) atoms. The maximum atomic E-state index is 10.8. The van der Waals surface area contributed by atoms with Gasteiger partial charge in [0.15, 0.2) is 5.60 Å². The molecule has 0 heterocycles. The molecular formula is C15H22O13. The number of rotatable bonds is 11. The molecule has 3 atom stereocenters. The highest BCUT2D eigenvalue weighted by Crippen LogP contribution is 2.25. The van der Waals surface area contributed by atoms with Gasteiger partial charge in [-0.25, -0.2) is 4.79 Å². The predicted octanol–water partition coefficient (Wildman–Crippen LogP) is -0.730. The number of carboxylic acids is 6. The monoisotopic (exact) mass is 410 g/mol. The Bertz CT molecular complexity index is 607. The highest BCUT2D eigenvalue weighted by Gasteiger charge is 2.41. The summed E-state index contributed by atoms with van der Waals surface area (Å²) in [4.78, 5) is 62.7. The highest BCUT2D eigenvalue weighted by atomic mass is 16.4. The van der Waals surface area contributed by atoms with Crippen molar-refractivity contribution in [3.63, 3.8) is 0 Å². The van der Waals surface area contributed by atoms with Crippen molar-refractivity contribution in [2.24, 2.45) is 17.8 Å². The van der Waals surface area contributed by atoms with E-state index in [0.717, 1.165) is 0 Å². The van der Waals surface area contributed by atoms with Crippen LogP contribution in [0.5, 0.6) is 0 Å². The summed E-state index contributed by atoms with van der Waals surface area (Å²) < 4.78 is 0. The lowest BCUT2D eigenvalue weighted by molar-refractivity contribution is -0.170. The zero-order valence-corrected chi connectivity index (χ0v) is 14.9. The number of hydrogen-bond acceptors (Lipinski definition) is 7. The maximum Gasteiger partial charge on any atom is 0.336 e. The van der Waals surface area contributed by atoms with Gasteiger partial charge >= 0.3 is 35.8 Å². The highest BCUT2D eigenvalue weighted by molar-refractivity contribution is 5.88. The Balaban J connectivity index is 0. The van der Waals surface area contributed by atoms with E-state index < -0.39 is 72.0 Å². The van der Waals surface area contributed by atoms with E-state index in [4.69, 9.17) is 35.7 Å². The molecule has 0 aliphatic heterocycles. The Kier molecular flexibility index (Phi) is 11.1. The largest absolute Gasteiger partial charge is 0.481 e. The Morgan fingerprint density at radius 1 is 0.750 bits per heavy atom. The quantitative estimate of drug-likeness (QED) is 0.222. The van der Waals surface area contributed by atoms with Gasteiger partial charge in [0, 0.05) is 0 Å². The molecular weight excluding hydrogens is 388 g/mol. The van der Waals surface area contributed by atoms with Crippen molar-refractivity contribution in [1.82, 2.24) is 0 Å². The van der Waals surface area contributed by atoms with Crippen LogP contribution < -0.4 is 0 Å². The summed E-state index contributed by atoms with van der Waals surface area (Å²) in [6.45, 7) is 2.72. The van der Waals surface area contributed by atoms with E-state index in [-0.39, 0.29) is 6.42 Å². The van der Waals surface area contributed by atoms with Crippen molar-refractivity contribution in [2.45, 2.75) is 38.7 Å². The van der Waals surface area contributed by atoms with Gasteiger partial charge in [-0.2, -0.15) is 0 Å². The number of aliphatic carboxylic acids is 6. The molecule has 3 unspecified atom stereocenters. The lowest BCUT2D eigenvalue weighted by Crippen LogP contribution is -2.42. The van der Waals surface area contributed by atoms with Gasteiger partial charge in [-0.1, -0.05) is 13.8 Å². The van der Waals surface area contributed by atoms with E-state index in [1.807, 2.05) is 0 Å². The molecule has 13 heteroatoms. The van der Waals surface area contributed by atoms with Gasteiger partial charge in [0.2, 0.25) is 0 Å². The molecule has 0 radical (unpaired) electrons. The second kappa shape index (κ2) is 11.5. The summed E-state index contributed by atoms with van der Waals surface area (Å²) in [5.41, 5.74) is -2.74. The molecule has 0 fully saturated rings. The fourth-order valence-corrected chi connectivity index (χ4v) is 2.18. The first-order chi connectivity index (χ1) is 12.6. The molecule has 7 N–H and O–H groups in total. The lowest BCUT2D eigenvalue weighted by Gasteiger charge is -2.22. The number of aliphatic hydroxyl groups is 1. The fraction of sp³-hybridized carbons (Fsp3) is 0.600. The van der Waals surface area contributed by atoms with Crippen LogP contribution in [0.2, 0.25) is 0 Å². The molecule has 13 nitrogen and oxygen atoms in total. The predicted molar refractivity (Wildman–Crippen MR) is 86.4 cm³/mol. The van der Waals surface area contributed by atoms with E-state index in [0.29, 0.717) is 0 Å². The van der Waals surface area contributed by atoms with Gasteiger partial charge in [0.25, 0.3) is 0 Å². The van der Waals surface area contributed by atoms with Crippen molar-refractivity contribution >= 4 is 35.8 Å². The Labute approximate surface area is 157 Å². The van der Waals surface area contributed by atoms with Crippen LogP contribution in [0, 0.1) is 17.8 Å². The van der Waals surface area contributed by atoms with Crippen molar-refractivity contribution in [1.29, 1.82) is 0 Å². The van der Waals surface area contributed by atoms with Crippen molar-refractivity contribution in [3.8, 4) is 0 Å². The first kappa shape index (κ1) is 27.0. The van der Waals surface area contributed by atoms with Gasteiger partial charge in [0.1, 0.15) is 0 Å². The average molecular weight is 410 g/mol. The second-order valence-corrected chi connectivity index (χ2v) is 5.82. The minimum absolute atomic E-state index is 0.0872. The van der Waals surface area contributed by atoms with Gasteiger partial charge in [-0.05, 0) is 6.42 Å². The van der Waals surface area contributed by atoms with Crippen LogP contribution in [0.1, 0.15) is 33.1 Å². The Morgan fingerprint density at radius 2 is 1.14 bits per heavy atom. The smallest absolute Gasteiger partial charge is 0.336 e. The summed E-state index contributed by atoms with van der Waals surface area (Å²) in [5, 5.41) is 60.1. The van der Waals surface area contributed by atoms with Crippen LogP contribution >= 0.6 is 0 Å². The van der Waals surface area contributed by atoms with Crippen LogP contribution in [-0.4, -0.2) is 77.2 Å². The Hall–Kier alpha value is -3.22. The first-order valence-corrected chi connectivity index (χ1v) is 7.68. The molecule has 0 bridgehead atoms. The molecule has 0 spiro atoms. The molecule has 0 aromatic heterocycles. The summed E-state index contributed by atoms with van der Waals surface area (Å²) in [6, 6.07) is 0. The average Bonchev–Trinajstić information content (AvgIpc) is 2.49. The zero-order chi connectivity index (χ0) is 22.8. The van der Waals surface area contributed by atoms with Crippen molar-refractivity contribution in [3.05, 3.63) is 0 Å². The molecule has 0 amide bonds. The van der Waals surface area contributed by atoms with E-state index in [9.17, 15) is 28.8 Å². The van der Waals surface area contributed by atoms with Gasteiger partial charge in [0.05, 0.1) is 30.6 Å². The molecule has 0 aromatic carbocycles.